The number of aryl methyl sites for hydroxylation is 1. The molecule has 0 radical (unpaired) electrons. The molecular weight excluding hydrogens is 439 g/mol. The third-order valence-electron chi connectivity index (χ3n) is 7.18. The zero-order valence-electron chi connectivity index (χ0n) is 19.1. The fourth-order valence-electron chi connectivity index (χ4n) is 5.34. The average Bonchev–Trinajstić information content (AvgIpc) is 3.27. The molecule has 0 unspecified atom stereocenters. The van der Waals surface area contributed by atoms with E-state index < -0.39 is 10.2 Å². The topological polar surface area (TPSA) is 67.2 Å². The summed E-state index contributed by atoms with van der Waals surface area (Å²) < 4.78 is 44.4. The van der Waals surface area contributed by atoms with E-state index in [1.54, 1.807) is 26.2 Å². The quantitative estimate of drug-likeness (QED) is 0.620. The molecule has 2 aliphatic rings. The molecule has 1 aromatic heterocycles. The Hall–Kier alpha value is -2.55. The molecule has 3 atom stereocenters. The predicted octanol–water partition coefficient (Wildman–Crippen LogP) is 3.78. The number of fused-ring (bicyclic) bond motifs is 3. The minimum Gasteiger partial charge on any atom is -0.267 e. The third kappa shape index (κ3) is 4.23. The molecule has 174 valence electrons. The van der Waals surface area contributed by atoms with Crippen molar-refractivity contribution in [3.63, 3.8) is 0 Å². The zero-order chi connectivity index (χ0) is 23.3. The predicted molar refractivity (Wildman–Crippen MR) is 127 cm³/mol. The molecule has 0 spiro atoms. The molecule has 8 heteroatoms. The summed E-state index contributed by atoms with van der Waals surface area (Å²) in [6, 6.07) is 14.9. The molecule has 0 amide bonds. The minimum atomic E-state index is -3.46. The van der Waals surface area contributed by atoms with Gasteiger partial charge in [0, 0.05) is 32.7 Å². The molecule has 1 saturated carbocycles. The van der Waals surface area contributed by atoms with Gasteiger partial charge < -0.3 is 0 Å². The number of hydrogen-bond donors (Lipinski definition) is 1. The van der Waals surface area contributed by atoms with Crippen LogP contribution in [0.5, 0.6) is 0 Å². The van der Waals surface area contributed by atoms with Crippen LogP contribution in [-0.2, 0) is 30.1 Å². The van der Waals surface area contributed by atoms with E-state index in [0.29, 0.717) is 11.8 Å². The number of halogens is 1. The van der Waals surface area contributed by atoms with Crippen molar-refractivity contribution in [1.82, 2.24) is 18.8 Å². The van der Waals surface area contributed by atoms with Crippen molar-refractivity contribution in [1.29, 1.82) is 0 Å². The van der Waals surface area contributed by atoms with E-state index in [-0.39, 0.29) is 11.9 Å². The van der Waals surface area contributed by atoms with E-state index >= 15 is 0 Å². The summed E-state index contributed by atoms with van der Waals surface area (Å²) >= 11 is 0. The lowest BCUT2D eigenvalue weighted by Crippen LogP contribution is -2.46. The monoisotopic (exact) mass is 468 g/mol. The lowest BCUT2D eigenvalue weighted by Gasteiger charge is -2.25. The second-order valence-electron chi connectivity index (χ2n) is 9.47. The van der Waals surface area contributed by atoms with Gasteiger partial charge in [0.1, 0.15) is 5.82 Å². The Kier molecular flexibility index (Phi) is 5.63. The SMILES string of the molecule is CN(C)S(=O)(=O)N[C@H]1[C@@H]2CC[C@H]1Cc1ccc(-c3cc(-c4ccc(F)cc4)n(C)n3)cc1C2. The van der Waals surface area contributed by atoms with Crippen molar-refractivity contribution in [3.05, 3.63) is 65.5 Å². The first kappa shape index (κ1) is 22.3. The number of nitrogens with zero attached hydrogens (tertiary/aromatic N) is 3. The molecule has 6 nitrogen and oxygen atoms in total. The number of aromatic nitrogens is 2. The van der Waals surface area contributed by atoms with Gasteiger partial charge in [0.05, 0.1) is 11.4 Å². The number of hydrogen-bond acceptors (Lipinski definition) is 3. The van der Waals surface area contributed by atoms with Crippen molar-refractivity contribution < 1.29 is 12.8 Å². The molecule has 1 N–H and O–H groups in total. The minimum absolute atomic E-state index is 0.0341. The summed E-state index contributed by atoms with van der Waals surface area (Å²) in [7, 11) is 1.56. The van der Waals surface area contributed by atoms with Gasteiger partial charge in [0.15, 0.2) is 0 Å². The number of benzene rings is 2. The smallest absolute Gasteiger partial charge is 0.267 e. The van der Waals surface area contributed by atoms with Gasteiger partial charge in [-0.25, -0.2) is 4.39 Å². The van der Waals surface area contributed by atoms with Gasteiger partial charge in [-0.3, -0.25) is 4.68 Å². The van der Waals surface area contributed by atoms with Gasteiger partial charge in [-0.2, -0.15) is 22.5 Å². The Morgan fingerprint density at radius 2 is 1.61 bits per heavy atom. The second kappa shape index (κ2) is 8.34. The first-order valence-electron chi connectivity index (χ1n) is 11.3. The standard InChI is InChI=1S/C25H29FN4O2S/c1-29(2)33(31,32)28-25-19-6-7-20(25)14-21-13-18(5-4-17(21)12-19)23-15-24(30(3)27-23)16-8-10-22(26)11-9-16/h4-5,8-11,13,15,19-20,25,28H,6-7,12,14H2,1-3H3/t19-,20+,25+/m0/s1. The van der Waals surface area contributed by atoms with Crippen molar-refractivity contribution in [2.75, 3.05) is 14.1 Å². The van der Waals surface area contributed by atoms with Crippen LogP contribution >= 0.6 is 0 Å². The molecule has 33 heavy (non-hydrogen) atoms. The lowest BCUT2D eigenvalue weighted by atomic mass is 9.91. The maximum Gasteiger partial charge on any atom is 0.279 e. The summed E-state index contributed by atoms with van der Waals surface area (Å²) in [6.45, 7) is 0. The second-order valence-corrected chi connectivity index (χ2v) is 11.4. The van der Waals surface area contributed by atoms with Crippen LogP contribution in [0.4, 0.5) is 4.39 Å². The first-order valence-corrected chi connectivity index (χ1v) is 12.8. The number of nitrogens with one attached hydrogen (secondary N) is 1. The molecule has 1 heterocycles. The fraction of sp³-hybridized carbons (Fsp3) is 0.400. The Bertz CT molecular complexity index is 1280. The average molecular weight is 469 g/mol. The van der Waals surface area contributed by atoms with Crippen molar-refractivity contribution in [2.24, 2.45) is 18.9 Å². The molecule has 3 aromatic rings. The Balaban J connectivity index is 1.43. The highest BCUT2D eigenvalue weighted by molar-refractivity contribution is 7.87. The van der Waals surface area contributed by atoms with E-state index in [9.17, 15) is 12.8 Å². The zero-order valence-corrected chi connectivity index (χ0v) is 19.9. The molecule has 1 fully saturated rings. The van der Waals surface area contributed by atoms with Crippen LogP contribution < -0.4 is 4.72 Å². The van der Waals surface area contributed by atoms with E-state index in [1.807, 2.05) is 17.8 Å². The molecule has 0 saturated heterocycles. The van der Waals surface area contributed by atoms with E-state index in [4.69, 9.17) is 5.10 Å². The maximum atomic E-state index is 13.3. The summed E-state index contributed by atoms with van der Waals surface area (Å²) in [5.41, 5.74) is 6.34. The van der Waals surface area contributed by atoms with Gasteiger partial charge in [-0.15, -0.1) is 0 Å². The largest absolute Gasteiger partial charge is 0.279 e. The fourth-order valence-corrected chi connectivity index (χ4v) is 6.28. The van der Waals surface area contributed by atoms with Crippen LogP contribution in [0.15, 0.2) is 48.5 Å². The van der Waals surface area contributed by atoms with Crippen molar-refractivity contribution >= 4 is 10.2 Å². The molecule has 2 bridgehead atoms. The molecule has 0 aliphatic heterocycles. The molecular formula is C25H29FN4O2S. The highest BCUT2D eigenvalue weighted by Crippen LogP contribution is 2.41. The maximum absolute atomic E-state index is 13.3. The molecule has 2 aliphatic carbocycles. The first-order chi connectivity index (χ1) is 15.7. The lowest BCUT2D eigenvalue weighted by molar-refractivity contribution is 0.375. The molecule has 5 rings (SSSR count). The van der Waals surface area contributed by atoms with Crippen molar-refractivity contribution in [3.8, 4) is 22.5 Å². The van der Waals surface area contributed by atoms with Crippen LogP contribution in [0.25, 0.3) is 22.5 Å². The summed E-state index contributed by atoms with van der Waals surface area (Å²) in [4.78, 5) is 0. The summed E-state index contributed by atoms with van der Waals surface area (Å²) in [5, 5.41) is 4.71. The molecule has 2 aromatic carbocycles. The Labute approximate surface area is 194 Å². The summed E-state index contributed by atoms with van der Waals surface area (Å²) in [5.74, 6) is 0.351. The Morgan fingerprint density at radius 1 is 0.970 bits per heavy atom. The van der Waals surface area contributed by atoms with Crippen LogP contribution in [0.3, 0.4) is 0 Å². The van der Waals surface area contributed by atoms with E-state index in [2.05, 4.69) is 22.9 Å². The third-order valence-corrected chi connectivity index (χ3v) is 8.71. The van der Waals surface area contributed by atoms with Crippen LogP contribution in [-0.4, -0.2) is 42.6 Å². The number of rotatable bonds is 5. The highest BCUT2D eigenvalue weighted by Gasteiger charge is 2.41. The van der Waals surface area contributed by atoms with Gasteiger partial charge in [0.2, 0.25) is 0 Å². The van der Waals surface area contributed by atoms with Gasteiger partial charge >= 0.3 is 0 Å². The highest BCUT2D eigenvalue weighted by atomic mass is 32.2. The van der Waals surface area contributed by atoms with E-state index in [1.165, 1.54) is 27.6 Å². The van der Waals surface area contributed by atoms with Crippen LogP contribution in [0.2, 0.25) is 0 Å². The van der Waals surface area contributed by atoms with Crippen molar-refractivity contribution in [2.45, 2.75) is 31.7 Å². The van der Waals surface area contributed by atoms with Crippen LogP contribution in [0.1, 0.15) is 24.0 Å². The van der Waals surface area contributed by atoms with Gasteiger partial charge in [-0.1, -0.05) is 12.1 Å². The van der Waals surface area contributed by atoms with E-state index in [0.717, 1.165) is 48.2 Å². The summed E-state index contributed by atoms with van der Waals surface area (Å²) in [6.07, 6.45) is 3.83. The van der Waals surface area contributed by atoms with Gasteiger partial charge in [0.25, 0.3) is 10.2 Å². The Morgan fingerprint density at radius 3 is 2.27 bits per heavy atom. The van der Waals surface area contributed by atoms with Crippen LogP contribution in [0, 0.1) is 17.7 Å². The van der Waals surface area contributed by atoms with Gasteiger partial charge in [-0.05, 0) is 90.6 Å². The normalized spacial score (nSPS) is 22.4.